The van der Waals surface area contributed by atoms with Crippen molar-refractivity contribution in [3.63, 3.8) is 0 Å². The van der Waals surface area contributed by atoms with Crippen LogP contribution < -0.4 is 11.1 Å². The lowest BCUT2D eigenvalue weighted by Crippen LogP contribution is -2.42. The highest BCUT2D eigenvalue weighted by Crippen LogP contribution is 2.41. The Bertz CT molecular complexity index is 273. The molecule has 0 spiro atoms. The summed E-state index contributed by atoms with van der Waals surface area (Å²) in [7, 11) is 1.77. The van der Waals surface area contributed by atoms with Crippen LogP contribution in [0, 0.1) is 5.41 Å². The van der Waals surface area contributed by atoms with E-state index in [-0.39, 0.29) is 29.4 Å². The van der Waals surface area contributed by atoms with Crippen LogP contribution in [0.25, 0.3) is 0 Å². The van der Waals surface area contributed by atoms with Gasteiger partial charge in [0, 0.05) is 18.6 Å². The van der Waals surface area contributed by atoms with E-state index in [9.17, 15) is 0 Å². The van der Waals surface area contributed by atoms with Crippen molar-refractivity contribution in [3.05, 3.63) is 0 Å². The van der Waals surface area contributed by atoms with Crippen molar-refractivity contribution in [3.8, 4) is 0 Å². The molecule has 0 heterocycles. The number of aliphatic imine (C=N–C) groups is 1. The molecule has 0 aromatic rings. The second-order valence-electron chi connectivity index (χ2n) is 5.61. The van der Waals surface area contributed by atoms with Gasteiger partial charge in [0.2, 0.25) is 0 Å². The first-order valence-electron chi connectivity index (χ1n) is 6.79. The van der Waals surface area contributed by atoms with Gasteiger partial charge in [0.05, 0.1) is 13.2 Å². The molecule has 2 rings (SSSR count). The molecule has 18 heavy (non-hydrogen) atoms. The average molecular weight is 367 g/mol. The predicted octanol–water partition coefficient (Wildman–Crippen LogP) is 2.27. The maximum atomic E-state index is 5.93. The molecular formula is C13H26IN3O. The van der Waals surface area contributed by atoms with Crippen molar-refractivity contribution < 1.29 is 4.74 Å². The number of nitrogens with one attached hydrogen (secondary N) is 1. The number of hydrogen-bond donors (Lipinski definition) is 2. The number of rotatable bonds is 5. The highest BCUT2D eigenvalue weighted by molar-refractivity contribution is 14.0. The third-order valence-corrected chi connectivity index (χ3v) is 4.16. The van der Waals surface area contributed by atoms with Crippen LogP contribution in [0.2, 0.25) is 0 Å². The molecule has 2 aliphatic rings. The lowest BCUT2D eigenvalue weighted by Gasteiger charge is -2.40. The van der Waals surface area contributed by atoms with Crippen LogP contribution in [0.15, 0.2) is 4.99 Å². The Hall–Kier alpha value is -0.0400. The molecule has 0 aromatic heterocycles. The van der Waals surface area contributed by atoms with Gasteiger partial charge in [-0.1, -0.05) is 19.3 Å². The van der Waals surface area contributed by atoms with Crippen LogP contribution in [0.3, 0.4) is 0 Å². The minimum absolute atomic E-state index is 0. The van der Waals surface area contributed by atoms with Crippen LogP contribution in [-0.4, -0.2) is 32.3 Å². The first kappa shape index (κ1) is 16.0. The van der Waals surface area contributed by atoms with Gasteiger partial charge in [0.15, 0.2) is 5.96 Å². The molecule has 2 saturated carbocycles. The van der Waals surface area contributed by atoms with Crippen LogP contribution in [-0.2, 0) is 4.74 Å². The van der Waals surface area contributed by atoms with Gasteiger partial charge in [-0.25, -0.2) is 0 Å². The van der Waals surface area contributed by atoms with E-state index in [4.69, 9.17) is 10.5 Å². The summed E-state index contributed by atoms with van der Waals surface area (Å²) in [6, 6.07) is 0.554. The Kier molecular flexibility index (Phi) is 6.70. The summed E-state index contributed by atoms with van der Waals surface area (Å²) in [5.41, 5.74) is 6.21. The molecule has 3 N–H and O–H groups in total. The molecule has 5 heteroatoms. The maximum Gasteiger partial charge on any atom is 0.188 e. The Balaban J connectivity index is 0.00000162. The van der Waals surface area contributed by atoms with Gasteiger partial charge in [0.25, 0.3) is 0 Å². The van der Waals surface area contributed by atoms with Gasteiger partial charge >= 0.3 is 0 Å². The summed E-state index contributed by atoms with van der Waals surface area (Å²) >= 11 is 0. The van der Waals surface area contributed by atoms with Crippen molar-refractivity contribution >= 4 is 29.9 Å². The number of guanidine groups is 1. The quantitative estimate of drug-likeness (QED) is 0.445. The van der Waals surface area contributed by atoms with Crippen LogP contribution in [0.1, 0.15) is 44.9 Å². The lowest BCUT2D eigenvalue weighted by atomic mass is 9.69. The summed E-state index contributed by atoms with van der Waals surface area (Å²) in [5, 5.41) is 3.33. The van der Waals surface area contributed by atoms with E-state index in [0.29, 0.717) is 12.0 Å². The summed E-state index contributed by atoms with van der Waals surface area (Å²) in [6.07, 6.45) is 8.85. The summed E-state index contributed by atoms with van der Waals surface area (Å²) in [5.74, 6) is 0.624. The molecule has 0 atom stereocenters. The van der Waals surface area contributed by atoms with E-state index in [1.165, 1.54) is 44.9 Å². The monoisotopic (exact) mass is 367 g/mol. The van der Waals surface area contributed by atoms with Crippen molar-refractivity contribution in [1.29, 1.82) is 0 Å². The van der Waals surface area contributed by atoms with E-state index in [1.807, 2.05) is 0 Å². The van der Waals surface area contributed by atoms with Gasteiger partial charge in [-0.3, -0.25) is 4.99 Å². The fraction of sp³-hybridized carbons (Fsp3) is 0.923. The highest BCUT2D eigenvalue weighted by Gasteiger charge is 2.36. The predicted molar refractivity (Wildman–Crippen MR) is 85.5 cm³/mol. The molecule has 106 valence electrons. The zero-order chi connectivity index (χ0) is 12.1. The minimum atomic E-state index is 0. The van der Waals surface area contributed by atoms with Gasteiger partial charge in [-0.2, -0.15) is 0 Å². The van der Waals surface area contributed by atoms with Gasteiger partial charge < -0.3 is 15.8 Å². The number of nitrogens with zero attached hydrogens (tertiary/aromatic N) is 1. The van der Waals surface area contributed by atoms with Crippen molar-refractivity contribution in [2.75, 3.05) is 20.3 Å². The normalized spacial score (nSPS) is 23.3. The molecule has 0 bridgehead atoms. The molecule has 4 nitrogen and oxygen atoms in total. The van der Waals surface area contributed by atoms with Crippen molar-refractivity contribution in [2.45, 2.75) is 51.0 Å². The topological polar surface area (TPSA) is 59.6 Å². The summed E-state index contributed by atoms with van der Waals surface area (Å²) in [6.45, 7) is 1.62. The minimum Gasteiger partial charge on any atom is -0.384 e. The Morgan fingerprint density at radius 1 is 1.33 bits per heavy atom. The molecule has 0 aliphatic heterocycles. The van der Waals surface area contributed by atoms with E-state index >= 15 is 0 Å². The summed E-state index contributed by atoms with van der Waals surface area (Å²) < 4.78 is 5.28. The third-order valence-electron chi connectivity index (χ3n) is 4.16. The van der Waals surface area contributed by atoms with Gasteiger partial charge in [-0.05, 0) is 25.7 Å². The van der Waals surface area contributed by atoms with E-state index in [1.54, 1.807) is 7.11 Å². The molecule has 0 saturated heterocycles. The van der Waals surface area contributed by atoms with E-state index in [0.717, 1.165) is 13.2 Å². The SMILES string of the molecule is COCC1(CN=C(N)NC2CCCC2)CCC1.I. The Labute approximate surface area is 127 Å². The number of halogens is 1. The highest BCUT2D eigenvalue weighted by atomic mass is 127. The molecule has 0 aromatic carbocycles. The number of hydrogen-bond acceptors (Lipinski definition) is 2. The molecule has 2 fully saturated rings. The fourth-order valence-corrected chi connectivity index (χ4v) is 2.91. The smallest absolute Gasteiger partial charge is 0.188 e. The molecule has 0 amide bonds. The number of methoxy groups -OCH3 is 1. The number of ether oxygens (including phenoxy) is 1. The molecule has 2 aliphatic carbocycles. The molecule has 0 unspecified atom stereocenters. The van der Waals surface area contributed by atoms with Gasteiger partial charge in [0.1, 0.15) is 0 Å². The van der Waals surface area contributed by atoms with Crippen molar-refractivity contribution in [1.82, 2.24) is 5.32 Å². The van der Waals surface area contributed by atoms with Crippen LogP contribution >= 0.6 is 24.0 Å². The fourth-order valence-electron chi connectivity index (χ4n) is 2.91. The Morgan fingerprint density at radius 3 is 2.50 bits per heavy atom. The first-order chi connectivity index (χ1) is 8.24. The van der Waals surface area contributed by atoms with E-state index in [2.05, 4.69) is 10.3 Å². The van der Waals surface area contributed by atoms with Gasteiger partial charge in [-0.15, -0.1) is 24.0 Å². The van der Waals surface area contributed by atoms with E-state index < -0.39 is 0 Å². The Morgan fingerprint density at radius 2 is 2.00 bits per heavy atom. The zero-order valence-corrected chi connectivity index (χ0v) is 13.6. The summed E-state index contributed by atoms with van der Waals surface area (Å²) in [4.78, 5) is 4.50. The second-order valence-corrected chi connectivity index (χ2v) is 5.61. The average Bonchev–Trinajstić information content (AvgIpc) is 2.74. The maximum absolute atomic E-state index is 5.93. The molecule has 0 radical (unpaired) electrons. The van der Waals surface area contributed by atoms with Crippen molar-refractivity contribution in [2.24, 2.45) is 16.1 Å². The zero-order valence-electron chi connectivity index (χ0n) is 11.3. The largest absolute Gasteiger partial charge is 0.384 e. The number of nitrogens with two attached hydrogens (primary N) is 1. The second kappa shape index (κ2) is 7.53. The third kappa shape index (κ3) is 4.26. The first-order valence-corrected chi connectivity index (χ1v) is 6.79. The van der Waals surface area contributed by atoms with Crippen LogP contribution in [0.4, 0.5) is 0 Å². The van der Waals surface area contributed by atoms with Crippen LogP contribution in [0.5, 0.6) is 0 Å². The lowest BCUT2D eigenvalue weighted by molar-refractivity contribution is 0.0252. The standard InChI is InChI=1S/C13H25N3O.HI/c1-17-10-13(7-4-8-13)9-15-12(14)16-11-5-2-3-6-11;/h11H,2-10H2,1H3,(H3,14,15,16);1H. The molecular weight excluding hydrogens is 341 g/mol.